The van der Waals surface area contributed by atoms with E-state index in [4.69, 9.17) is 4.55 Å². The number of carbonyl (C=O) groups excluding carboxylic acids is 2. The van der Waals surface area contributed by atoms with Crippen LogP contribution in [0, 0.1) is 0 Å². The molecule has 188 valence electrons. The molecule has 0 aromatic rings. The number of alkyl halides is 10. The zero-order chi connectivity index (χ0) is 25.8. The highest BCUT2D eigenvalue weighted by Crippen LogP contribution is 2.42. The van der Waals surface area contributed by atoms with Gasteiger partial charge in [-0.25, -0.2) is 9.59 Å². The second-order valence-corrected chi connectivity index (χ2v) is 7.00. The quantitative estimate of drug-likeness (QED) is 0.146. The number of hydrogen-bond acceptors (Lipinski definition) is 7. The van der Waals surface area contributed by atoms with Gasteiger partial charge in [0.25, 0.3) is 0 Å². The summed E-state index contributed by atoms with van der Waals surface area (Å²) in [7, 11) is -6.78. The molecular weight excluding hydrogens is 506 g/mol. The maximum absolute atomic E-state index is 13.4. The summed E-state index contributed by atoms with van der Waals surface area (Å²) >= 11 is 0. The number of halogens is 10. The lowest BCUT2D eigenvalue weighted by atomic mass is 10.2. The third kappa shape index (κ3) is 7.19. The Morgan fingerprint density at radius 2 is 1.41 bits per heavy atom. The van der Waals surface area contributed by atoms with E-state index in [1.54, 1.807) is 0 Å². The van der Waals surface area contributed by atoms with Crippen LogP contribution in [0.1, 0.15) is 12.8 Å². The molecule has 0 radical (unpaired) electrons. The van der Waals surface area contributed by atoms with E-state index in [-0.39, 0.29) is 6.08 Å². The van der Waals surface area contributed by atoms with Gasteiger partial charge >= 0.3 is 51.4 Å². The zero-order valence-electron chi connectivity index (χ0n) is 15.1. The number of carbonyl (C=O) groups is 2. The minimum Gasteiger partial charge on any atom is -0.460 e. The van der Waals surface area contributed by atoms with E-state index in [0.29, 0.717) is 0 Å². The molecule has 8 nitrogen and oxygen atoms in total. The molecule has 32 heavy (non-hydrogen) atoms. The van der Waals surface area contributed by atoms with Crippen molar-refractivity contribution >= 4 is 22.1 Å². The molecule has 0 aliphatic carbocycles. The van der Waals surface area contributed by atoms with Gasteiger partial charge in [-0.05, 0) is 0 Å². The topological polar surface area (TPSA) is 116 Å². The Morgan fingerprint density at radius 1 is 0.906 bits per heavy atom. The second kappa shape index (κ2) is 9.77. The Balaban J connectivity index is 5.91. The Morgan fingerprint density at radius 3 is 1.78 bits per heavy atom. The first-order chi connectivity index (χ1) is 14.0. The standard InChI is InChI=1S/C13H12F10O8S/c1-2-7(24)31-11(12(19,20)21,8(25)29-5-4-10(16,17)18)30-6-3-9(14,15)13(22,23)32(26,27)28/h2H,1,3-6H2,(H,26,27,28). The number of ether oxygens (including phenoxy) is 3. The predicted molar refractivity (Wildman–Crippen MR) is 78.7 cm³/mol. The van der Waals surface area contributed by atoms with Crippen LogP contribution in [0.3, 0.4) is 0 Å². The van der Waals surface area contributed by atoms with Crippen molar-refractivity contribution < 1.29 is 80.7 Å². The van der Waals surface area contributed by atoms with Gasteiger partial charge in [-0.15, -0.1) is 0 Å². The fourth-order valence-corrected chi connectivity index (χ4v) is 2.06. The Labute approximate surface area is 171 Å². The summed E-state index contributed by atoms with van der Waals surface area (Å²) in [5.74, 6) is -15.9. The van der Waals surface area contributed by atoms with E-state index < -0.39 is 77.4 Å². The largest absolute Gasteiger partial charge is 0.468 e. The van der Waals surface area contributed by atoms with Crippen LogP contribution in [-0.4, -0.2) is 67.4 Å². The smallest absolute Gasteiger partial charge is 0.460 e. The van der Waals surface area contributed by atoms with E-state index in [0.717, 1.165) is 0 Å². The molecule has 19 heteroatoms. The van der Waals surface area contributed by atoms with Gasteiger partial charge in [0.05, 0.1) is 13.0 Å². The number of rotatable bonds is 11. The van der Waals surface area contributed by atoms with Gasteiger partial charge in [0, 0.05) is 12.5 Å². The predicted octanol–water partition coefficient (Wildman–Crippen LogP) is 2.99. The molecule has 1 N–H and O–H groups in total. The van der Waals surface area contributed by atoms with Crippen LogP contribution >= 0.6 is 0 Å². The van der Waals surface area contributed by atoms with Gasteiger partial charge in [-0.3, -0.25) is 4.55 Å². The summed E-state index contributed by atoms with van der Waals surface area (Å²) in [6, 6.07) is 0. The van der Waals surface area contributed by atoms with E-state index in [1.807, 2.05) is 0 Å². The minimum atomic E-state index is -6.78. The summed E-state index contributed by atoms with van der Waals surface area (Å²) in [4.78, 5) is 22.9. The van der Waals surface area contributed by atoms with E-state index in [9.17, 15) is 61.9 Å². The van der Waals surface area contributed by atoms with Crippen molar-refractivity contribution in [3.8, 4) is 0 Å². The van der Waals surface area contributed by atoms with E-state index >= 15 is 0 Å². The van der Waals surface area contributed by atoms with Gasteiger partial charge in [0.15, 0.2) is 0 Å². The molecule has 0 saturated heterocycles. The van der Waals surface area contributed by atoms with E-state index in [2.05, 4.69) is 20.8 Å². The van der Waals surface area contributed by atoms with Gasteiger partial charge < -0.3 is 14.2 Å². The Hall–Kier alpha value is -2.15. The van der Waals surface area contributed by atoms with Crippen LogP contribution in [0.4, 0.5) is 43.9 Å². The average Bonchev–Trinajstić information content (AvgIpc) is 2.56. The normalized spacial score (nSPS) is 15.6. The molecule has 0 spiro atoms. The molecule has 0 aromatic carbocycles. The highest BCUT2D eigenvalue weighted by molar-refractivity contribution is 7.87. The number of hydrogen-bond donors (Lipinski definition) is 1. The maximum Gasteiger partial charge on any atom is 0.468 e. The lowest BCUT2D eigenvalue weighted by Crippen LogP contribution is -2.58. The van der Waals surface area contributed by atoms with Crippen LogP contribution in [-0.2, 0) is 33.9 Å². The van der Waals surface area contributed by atoms with Crippen molar-refractivity contribution in [1.82, 2.24) is 0 Å². The third-order valence-electron chi connectivity index (χ3n) is 3.14. The Bertz CT molecular complexity index is 805. The highest BCUT2D eigenvalue weighted by atomic mass is 32.2. The minimum absolute atomic E-state index is 0.0199. The molecule has 0 aliphatic heterocycles. The fourth-order valence-electron chi connectivity index (χ4n) is 1.58. The summed E-state index contributed by atoms with van der Waals surface area (Å²) in [6.07, 6.45) is -15.9. The van der Waals surface area contributed by atoms with Crippen molar-refractivity contribution in [2.75, 3.05) is 13.2 Å². The molecular formula is C13H12F10O8S. The van der Waals surface area contributed by atoms with Crippen molar-refractivity contribution in [3.63, 3.8) is 0 Å². The molecule has 0 rings (SSSR count). The van der Waals surface area contributed by atoms with Crippen molar-refractivity contribution in [3.05, 3.63) is 12.7 Å². The Kier molecular flexibility index (Phi) is 9.12. The summed E-state index contributed by atoms with van der Waals surface area (Å²) in [6.45, 7) is -1.45. The van der Waals surface area contributed by atoms with Gasteiger partial charge in [0.1, 0.15) is 6.61 Å². The molecule has 1 atom stereocenters. The summed E-state index contributed by atoms with van der Waals surface area (Å²) in [5, 5.41) is -6.23. The molecule has 0 aromatic heterocycles. The van der Waals surface area contributed by atoms with Crippen LogP contribution in [0.25, 0.3) is 0 Å². The average molecular weight is 518 g/mol. The molecule has 0 saturated carbocycles. The van der Waals surface area contributed by atoms with Crippen molar-refractivity contribution in [2.24, 2.45) is 0 Å². The summed E-state index contributed by atoms with van der Waals surface area (Å²) in [5.41, 5.74) is 0. The van der Waals surface area contributed by atoms with Gasteiger partial charge in [-0.2, -0.15) is 52.3 Å². The van der Waals surface area contributed by atoms with Gasteiger partial charge in [-0.1, -0.05) is 6.58 Å². The lowest BCUT2D eigenvalue weighted by Gasteiger charge is -2.32. The SMILES string of the molecule is C=CC(=O)OC(OCCC(F)(F)C(F)(F)S(=O)(=O)O)(C(=O)OCCC(F)(F)F)C(F)(F)F. The van der Waals surface area contributed by atoms with Gasteiger partial charge in [0.2, 0.25) is 0 Å². The van der Waals surface area contributed by atoms with Crippen LogP contribution < -0.4 is 0 Å². The monoisotopic (exact) mass is 518 g/mol. The second-order valence-electron chi connectivity index (χ2n) is 5.54. The zero-order valence-corrected chi connectivity index (χ0v) is 15.9. The molecule has 1 unspecified atom stereocenters. The molecule has 0 fully saturated rings. The van der Waals surface area contributed by atoms with Crippen LogP contribution in [0.2, 0.25) is 0 Å². The van der Waals surface area contributed by atoms with E-state index in [1.165, 1.54) is 0 Å². The molecule has 0 bridgehead atoms. The highest BCUT2D eigenvalue weighted by Gasteiger charge is 2.69. The molecule has 0 amide bonds. The third-order valence-corrected chi connectivity index (χ3v) is 4.09. The first-order valence-electron chi connectivity index (χ1n) is 7.57. The molecule has 0 aliphatic rings. The first-order valence-corrected chi connectivity index (χ1v) is 9.01. The maximum atomic E-state index is 13.4. The summed E-state index contributed by atoms with van der Waals surface area (Å²) < 4.78 is 169. The lowest BCUT2D eigenvalue weighted by molar-refractivity contribution is -0.357. The first kappa shape index (κ1) is 29.9. The van der Waals surface area contributed by atoms with Crippen LogP contribution in [0.5, 0.6) is 0 Å². The van der Waals surface area contributed by atoms with Crippen molar-refractivity contribution in [1.29, 1.82) is 0 Å². The van der Waals surface area contributed by atoms with Crippen LogP contribution in [0.15, 0.2) is 12.7 Å². The van der Waals surface area contributed by atoms with Crippen molar-refractivity contribution in [2.45, 2.75) is 42.2 Å². The number of esters is 2. The molecule has 0 heterocycles. The fraction of sp³-hybridized carbons (Fsp3) is 0.692.